The summed E-state index contributed by atoms with van der Waals surface area (Å²) in [7, 11) is 0. The van der Waals surface area contributed by atoms with Gasteiger partial charge in [0.05, 0.1) is 21.3 Å². The predicted molar refractivity (Wildman–Crippen MR) is 162 cm³/mol. The lowest BCUT2D eigenvalue weighted by atomic mass is 10.2. The highest BCUT2D eigenvalue weighted by Crippen LogP contribution is 2.55. The van der Waals surface area contributed by atoms with Crippen molar-refractivity contribution in [2.45, 2.75) is 38.2 Å². The molecule has 0 fully saturated rings. The lowest BCUT2D eigenvalue weighted by Gasteiger charge is -2.21. The van der Waals surface area contributed by atoms with Gasteiger partial charge in [-0.15, -0.1) is 46.2 Å². The summed E-state index contributed by atoms with van der Waals surface area (Å²) in [4.78, 5) is 2.37. The van der Waals surface area contributed by atoms with Crippen LogP contribution in [-0.2, 0) is 18.9 Å². The molecule has 2 atom stereocenters. The Morgan fingerprint density at radius 1 is 0.500 bits per heavy atom. The van der Waals surface area contributed by atoms with Crippen LogP contribution in [0.2, 0.25) is 0 Å². The van der Waals surface area contributed by atoms with Crippen molar-refractivity contribution < 1.29 is 37.9 Å². The Balaban J connectivity index is 0.000000144. The van der Waals surface area contributed by atoms with Crippen molar-refractivity contribution in [1.82, 2.24) is 0 Å². The lowest BCUT2D eigenvalue weighted by Crippen LogP contribution is -2.16. The fourth-order valence-corrected chi connectivity index (χ4v) is 9.45. The molecular weight excluding hydrogens is 593 g/mol. The minimum Gasteiger partial charge on any atom is -0.490 e. The standard InChI is InChI=1S/2C12H12O4S2.2C2H6/c2*1-3-15-9-7(13-1)5-17-11(9)12-10-8(6-18-12)14-2-4-16-10;2*1-2/h2*5,12H,1-4,6H2;2*1-2H3. The van der Waals surface area contributed by atoms with Gasteiger partial charge in [0.15, 0.2) is 34.5 Å². The summed E-state index contributed by atoms with van der Waals surface area (Å²) < 4.78 is 45.5. The zero-order chi connectivity index (χ0) is 27.9. The smallest absolute Gasteiger partial charge is 0.176 e. The van der Waals surface area contributed by atoms with E-state index in [1.807, 2.05) is 62.0 Å². The minimum atomic E-state index is 0.204. The summed E-state index contributed by atoms with van der Waals surface area (Å²) in [6.45, 7) is 13.1. The molecule has 2 aromatic rings. The normalized spacial score (nSPS) is 23.2. The Labute approximate surface area is 252 Å². The van der Waals surface area contributed by atoms with E-state index >= 15 is 0 Å². The van der Waals surface area contributed by atoms with E-state index in [1.165, 1.54) is 9.75 Å². The van der Waals surface area contributed by atoms with Crippen molar-refractivity contribution in [2.24, 2.45) is 0 Å². The molecule has 0 radical (unpaired) electrons. The van der Waals surface area contributed by atoms with Crippen LogP contribution in [0.25, 0.3) is 0 Å². The highest BCUT2D eigenvalue weighted by molar-refractivity contribution is 8.00. The lowest BCUT2D eigenvalue weighted by molar-refractivity contribution is 0.0640. The van der Waals surface area contributed by atoms with Crippen LogP contribution >= 0.6 is 46.2 Å². The molecule has 6 aliphatic rings. The summed E-state index contributed by atoms with van der Waals surface area (Å²) in [5, 5.41) is 4.45. The van der Waals surface area contributed by atoms with Crippen LogP contribution in [-0.4, -0.2) is 64.4 Å². The second-order valence-electron chi connectivity index (χ2n) is 8.33. The van der Waals surface area contributed by atoms with Gasteiger partial charge in [-0.3, -0.25) is 0 Å². The molecule has 0 aliphatic carbocycles. The van der Waals surface area contributed by atoms with Crippen molar-refractivity contribution in [2.75, 3.05) is 64.4 Å². The molecule has 0 saturated heterocycles. The third kappa shape index (κ3) is 5.96. The third-order valence-corrected chi connectivity index (χ3v) is 10.9. The van der Waals surface area contributed by atoms with Crippen LogP contribution in [0.5, 0.6) is 23.0 Å². The fraction of sp³-hybridized carbons (Fsp3) is 0.571. The molecule has 0 amide bonds. The van der Waals surface area contributed by atoms with Gasteiger partial charge < -0.3 is 37.9 Å². The molecule has 12 heteroatoms. The molecule has 0 aromatic carbocycles. The molecule has 2 aromatic heterocycles. The largest absolute Gasteiger partial charge is 0.490 e. The predicted octanol–water partition coefficient (Wildman–Crippen LogP) is 7.18. The monoisotopic (exact) mass is 628 g/mol. The van der Waals surface area contributed by atoms with Gasteiger partial charge in [0.2, 0.25) is 0 Å². The minimum absolute atomic E-state index is 0.204. The second kappa shape index (κ2) is 14.2. The Kier molecular flexibility index (Phi) is 10.5. The van der Waals surface area contributed by atoms with Crippen molar-refractivity contribution >= 4 is 46.2 Å². The summed E-state index contributed by atoms with van der Waals surface area (Å²) in [5.41, 5.74) is 0. The van der Waals surface area contributed by atoms with E-state index in [4.69, 9.17) is 37.9 Å². The van der Waals surface area contributed by atoms with Gasteiger partial charge in [0.1, 0.15) is 74.9 Å². The first-order valence-electron chi connectivity index (χ1n) is 13.8. The summed E-state index contributed by atoms with van der Waals surface area (Å²) in [5.74, 6) is 9.24. The maximum Gasteiger partial charge on any atom is 0.176 e. The third-order valence-electron chi connectivity index (χ3n) is 6.15. The van der Waals surface area contributed by atoms with E-state index in [0.29, 0.717) is 52.9 Å². The van der Waals surface area contributed by atoms with E-state index < -0.39 is 0 Å². The molecular formula is C28H36O8S4. The first-order valence-corrected chi connectivity index (χ1v) is 17.7. The number of fused-ring (bicyclic) bond motifs is 2. The Morgan fingerprint density at radius 2 is 0.875 bits per heavy atom. The van der Waals surface area contributed by atoms with Crippen LogP contribution in [0.1, 0.15) is 47.9 Å². The molecule has 8 rings (SSSR count). The molecule has 0 saturated carbocycles. The first kappa shape index (κ1) is 29.5. The van der Waals surface area contributed by atoms with Gasteiger partial charge >= 0.3 is 0 Å². The van der Waals surface area contributed by atoms with Gasteiger partial charge in [-0.2, -0.15) is 0 Å². The van der Waals surface area contributed by atoms with E-state index in [0.717, 1.165) is 57.5 Å². The molecule has 6 aliphatic heterocycles. The van der Waals surface area contributed by atoms with Crippen LogP contribution in [0.3, 0.4) is 0 Å². The molecule has 0 N–H and O–H groups in total. The molecule has 2 unspecified atom stereocenters. The van der Waals surface area contributed by atoms with Gasteiger partial charge in [0, 0.05) is 10.8 Å². The van der Waals surface area contributed by atoms with E-state index in [2.05, 4.69) is 0 Å². The molecule has 8 heterocycles. The number of hydrogen-bond donors (Lipinski definition) is 0. The zero-order valence-electron chi connectivity index (χ0n) is 23.3. The maximum atomic E-state index is 5.77. The van der Waals surface area contributed by atoms with Gasteiger partial charge in [0.25, 0.3) is 0 Å². The highest BCUT2D eigenvalue weighted by atomic mass is 32.2. The number of rotatable bonds is 2. The van der Waals surface area contributed by atoms with Crippen LogP contribution in [0.4, 0.5) is 0 Å². The summed E-state index contributed by atoms with van der Waals surface area (Å²) in [6, 6.07) is 0. The summed E-state index contributed by atoms with van der Waals surface area (Å²) in [6.07, 6.45) is 0. The van der Waals surface area contributed by atoms with Gasteiger partial charge in [-0.1, -0.05) is 27.7 Å². The zero-order valence-corrected chi connectivity index (χ0v) is 26.5. The quantitative estimate of drug-likeness (QED) is 0.341. The molecule has 40 heavy (non-hydrogen) atoms. The Hall–Kier alpha value is -2.02. The summed E-state index contributed by atoms with van der Waals surface area (Å²) >= 11 is 7.01. The fourth-order valence-electron chi connectivity index (χ4n) is 4.59. The topological polar surface area (TPSA) is 73.8 Å². The van der Waals surface area contributed by atoms with E-state index in [-0.39, 0.29) is 10.5 Å². The number of thiophene rings is 2. The van der Waals surface area contributed by atoms with Crippen LogP contribution in [0, 0.1) is 0 Å². The SMILES string of the molecule is CC.CC.c1sc(C2SCC3=C2OCCO3)c2c1OCCO2.c1sc(C2SCC3=C2OCCO3)c2c1OCCO2. The van der Waals surface area contributed by atoms with Crippen molar-refractivity contribution in [3.8, 4) is 23.0 Å². The van der Waals surface area contributed by atoms with Crippen molar-refractivity contribution in [1.29, 1.82) is 0 Å². The highest BCUT2D eigenvalue weighted by Gasteiger charge is 2.38. The average Bonchev–Trinajstić information content (AvgIpc) is 3.83. The van der Waals surface area contributed by atoms with Gasteiger partial charge in [-0.05, 0) is 0 Å². The molecule has 0 bridgehead atoms. The Morgan fingerprint density at radius 3 is 1.32 bits per heavy atom. The van der Waals surface area contributed by atoms with Crippen LogP contribution < -0.4 is 18.9 Å². The van der Waals surface area contributed by atoms with Crippen molar-refractivity contribution in [3.05, 3.63) is 43.6 Å². The number of ether oxygens (including phenoxy) is 8. The van der Waals surface area contributed by atoms with Gasteiger partial charge in [-0.25, -0.2) is 0 Å². The molecule has 8 nitrogen and oxygen atoms in total. The molecule has 0 spiro atoms. The number of hydrogen-bond acceptors (Lipinski definition) is 12. The molecule has 220 valence electrons. The first-order chi connectivity index (χ1) is 19.9. The number of thioether (sulfide) groups is 2. The van der Waals surface area contributed by atoms with Crippen LogP contribution in [0.15, 0.2) is 33.8 Å². The van der Waals surface area contributed by atoms with Crippen molar-refractivity contribution in [3.63, 3.8) is 0 Å². The average molecular weight is 629 g/mol. The van der Waals surface area contributed by atoms with E-state index in [1.54, 1.807) is 22.7 Å². The second-order valence-corrected chi connectivity index (χ2v) is 12.3. The Bertz CT molecular complexity index is 1110. The maximum absolute atomic E-state index is 5.77. The van der Waals surface area contributed by atoms with E-state index in [9.17, 15) is 0 Å².